The lowest BCUT2D eigenvalue weighted by molar-refractivity contribution is 0.112. The first-order chi connectivity index (χ1) is 8.31. The van der Waals surface area contributed by atoms with Crippen LogP contribution in [0.5, 0.6) is 0 Å². The molecular formula is C15H21NO. The molecule has 1 aromatic carbocycles. The highest BCUT2D eigenvalue weighted by molar-refractivity contribution is 5.77. The predicted molar refractivity (Wildman–Crippen MR) is 70.2 cm³/mol. The lowest BCUT2D eigenvalue weighted by atomic mass is 9.94. The van der Waals surface area contributed by atoms with Crippen molar-refractivity contribution in [3.8, 4) is 0 Å². The predicted octanol–water partition coefficient (Wildman–Crippen LogP) is 3.26. The summed E-state index contributed by atoms with van der Waals surface area (Å²) in [6.07, 6.45) is 7.66. The third-order valence-electron chi connectivity index (χ3n) is 3.80. The number of hydrogen-bond acceptors (Lipinski definition) is 2. The molecule has 17 heavy (non-hydrogen) atoms. The molecule has 0 atom stereocenters. The van der Waals surface area contributed by atoms with E-state index >= 15 is 0 Å². The third-order valence-corrected chi connectivity index (χ3v) is 3.80. The Bertz CT molecular complexity index is 369. The quantitative estimate of drug-likeness (QED) is 0.741. The minimum atomic E-state index is 0.698. The molecule has 2 heteroatoms. The van der Waals surface area contributed by atoms with Crippen molar-refractivity contribution in [3.63, 3.8) is 0 Å². The molecule has 2 nitrogen and oxygen atoms in total. The Balaban J connectivity index is 2.01. The molecule has 92 valence electrons. The van der Waals surface area contributed by atoms with Crippen LogP contribution in [-0.2, 0) is 6.54 Å². The maximum atomic E-state index is 11.0. The van der Waals surface area contributed by atoms with Gasteiger partial charge in [-0.2, -0.15) is 0 Å². The number of hydrogen-bond donors (Lipinski definition) is 0. The van der Waals surface area contributed by atoms with Gasteiger partial charge in [-0.15, -0.1) is 0 Å². The average Bonchev–Trinajstić information content (AvgIpc) is 2.40. The van der Waals surface area contributed by atoms with Crippen LogP contribution < -0.4 is 0 Å². The largest absolute Gasteiger partial charge is 0.299 e. The smallest absolute Gasteiger partial charge is 0.150 e. The van der Waals surface area contributed by atoms with Gasteiger partial charge in [0.15, 0.2) is 0 Å². The first kappa shape index (κ1) is 12.3. The van der Waals surface area contributed by atoms with Gasteiger partial charge in [-0.25, -0.2) is 0 Å². The molecule has 1 aromatic rings. The highest BCUT2D eigenvalue weighted by Gasteiger charge is 2.18. The molecule has 0 bridgehead atoms. The van der Waals surface area contributed by atoms with Crippen molar-refractivity contribution in [2.75, 3.05) is 7.05 Å². The zero-order chi connectivity index (χ0) is 12.1. The lowest BCUT2D eigenvalue weighted by Crippen LogP contribution is -2.33. The number of benzene rings is 1. The van der Waals surface area contributed by atoms with Crippen molar-refractivity contribution in [3.05, 3.63) is 35.4 Å². The number of aldehydes is 1. The first-order valence-electron chi connectivity index (χ1n) is 6.54. The summed E-state index contributed by atoms with van der Waals surface area (Å²) in [5.41, 5.74) is 1.98. The Morgan fingerprint density at radius 2 is 1.94 bits per heavy atom. The second-order valence-corrected chi connectivity index (χ2v) is 5.02. The molecular weight excluding hydrogens is 210 g/mol. The topological polar surface area (TPSA) is 20.3 Å². The van der Waals surface area contributed by atoms with E-state index in [9.17, 15) is 4.79 Å². The number of carbonyl (C=O) groups is 1. The molecule has 0 radical (unpaired) electrons. The van der Waals surface area contributed by atoms with E-state index in [1.165, 1.54) is 32.1 Å². The summed E-state index contributed by atoms with van der Waals surface area (Å²) in [6, 6.07) is 8.59. The molecule has 1 saturated carbocycles. The van der Waals surface area contributed by atoms with Crippen LogP contribution in [0.1, 0.15) is 48.0 Å². The molecule has 0 N–H and O–H groups in total. The van der Waals surface area contributed by atoms with E-state index in [2.05, 4.69) is 18.0 Å². The third kappa shape index (κ3) is 3.16. The fourth-order valence-electron chi connectivity index (χ4n) is 2.71. The summed E-state index contributed by atoms with van der Waals surface area (Å²) in [6.45, 7) is 0.888. The Morgan fingerprint density at radius 3 is 2.65 bits per heavy atom. The molecule has 2 rings (SSSR count). The molecule has 0 spiro atoms. The van der Waals surface area contributed by atoms with Gasteiger partial charge < -0.3 is 0 Å². The summed E-state index contributed by atoms with van der Waals surface area (Å²) in [7, 11) is 2.18. The van der Waals surface area contributed by atoms with Crippen LogP contribution in [0.4, 0.5) is 0 Å². The number of rotatable bonds is 4. The fraction of sp³-hybridized carbons (Fsp3) is 0.533. The van der Waals surface area contributed by atoms with Gasteiger partial charge in [0.2, 0.25) is 0 Å². The van der Waals surface area contributed by atoms with E-state index in [-0.39, 0.29) is 0 Å². The van der Waals surface area contributed by atoms with Gasteiger partial charge in [-0.3, -0.25) is 9.69 Å². The summed E-state index contributed by atoms with van der Waals surface area (Å²) >= 11 is 0. The van der Waals surface area contributed by atoms with Gasteiger partial charge >= 0.3 is 0 Å². The highest BCUT2D eigenvalue weighted by Crippen LogP contribution is 2.23. The monoisotopic (exact) mass is 231 g/mol. The Morgan fingerprint density at radius 1 is 1.24 bits per heavy atom. The molecule has 0 unspecified atom stereocenters. The summed E-state index contributed by atoms with van der Waals surface area (Å²) < 4.78 is 0. The average molecular weight is 231 g/mol. The van der Waals surface area contributed by atoms with Crippen LogP contribution in [-0.4, -0.2) is 24.3 Å². The van der Waals surface area contributed by atoms with Gasteiger partial charge in [-0.1, -0.05) is 43.5 Å². The molecule has 1 aliphatic rings. The maximum absolute atomic E-state index is 11.0. The minimum Gasteiger partial charge on any atom is -0.299 e. The summed E-state index contributed by atoms with van der Waals surface area (Å²) in [4.78, 5) is 13.4. The minimum absolute atomic E-state index is 0.698. The van der Waals surface area contributed by atoms with Crippen LogP contribution in [0.2, 0.25) is 0 Å². The van der Waals surface area contributed by atoms with E-state index in [1.807, 2.05) is 18.2 Å². The molecule has 1 aliphatic carbocycles. The van der Waals surface area contributed by atoms with E-state index in [1.54, 1.807) is 0 Å². The van der Waals surface area contributed by atoms with Gasteiger partial charge in [-0.05, 0) is 25.5 Å². The first-order valence-corrected chi connectivity index (χ1v) is 6.54. The molecule has 0 heterocycles. The second kappa shape index (κ2) is 5.97. The zero-order valence-electron chi connectivity index (χ0n) is 10.6. The Kier molecular flexibility index (Phi) is 4.32. The van der Waals surface area contributed by atoms with E-state index in [0.717, 1.165) is 24.0 Å². The maximum Gasteiger partial charge on any atom is 0.150 e. The summed E-state index contributed by atoms with van der Waals surface area (Å²) in [5, 5.41) is 0. The molecule has 0 aliphatic heterocycles. The van der Waals surface area contributed by atoms with Crippen LogP contribution in [0.25, 0.3) is 0 Å². The van der Waals surface area contributed by atoms with Crippen molar-refractivity contribution in [1.29, 1.82) is 0 Å². The van der Waals surface area contributed by atoms with Gasteiger partial charge in [0.05, 0.1) is 0 Å². The van der Waals surface area contributed by atoms with Crippen molar-refractivity contribution >= 4 is 6.29 Å². The van der Waals surface area contributed by atoms with Crippen LogP contribution in [0, 0.1) is 0 Å². The summed E-state index contributed by atoms with van der Waals surface area (Å²) in [5.74, 6) is 0. The second-order valence-electron chi connectivity index (χ2n) is 5.02. The van der Waals surface area contributed by atoms with Crippen molar-refractivity contribution in [1.82, 2.24) is 4.90 Å². The van der Waals surface area contributed by atoms with Crippen LogP contribution >= 0.6 is 0 Å². The standard InChI is InChI=1S/C15H21NO/c1-16(15-9-3-2-4-10-15)11-13-7-5-6-8-14(13)12-17/h5-8,12,15H,2-4,9-11H2,1H3. The molecule has 0 saturated heterocycles. The molecule has 0 aromatic heterocycles. The SMILES string of the molecule is CN(Cc1ccccc1C=O)C1CCCCC1. The highest BCUT2D eigenvalue weighted by atomic mass is 16.1. The van der Waals surface area contributed by atoms with Gasteiger partial charge in [0.25, 0.3) is 0 Å². The van der Waals surface area contributed by atoms with Crippen LogP contribution in [0.3, 0.4) is 0 Å². The van der Waals surface area contributed by atoms with Crippen molar-refractivity contribution in [2.24, 2.45) is 0 Å². The van der Waals surface area contributed by atoms with Crippen molar-refractivity contribution < 1.29 is 4.79 Å². The van der Waals surface area contributed by atoms with Crippen LogP contribution in [0.15, 0.2) is 24.3 Å². The van der Waals surface area contributed by atoms with Crippen molar-refractivity contribution in [2.45, 2.75) is 44.7 Å². The molecule has 0 amide bonds. The number of nitrogens with zero attached hydrogens (tertiary/aromatic N) is 1. The van der Waals surface area contributed by atoms with Gasteiger partial charge in [0, 0.05) is 18.2 Å². The zero-order valence-corrected chi connectivity index (χ0v) is 10.6. The van der Waals surface area contributed by atoms with E-state index < -0.39 is 0 Å². The van der Waals surface area contributed by atoms with E-state index in [0.29, 0.717) is 6.04 Å². The fourth-order valence-corrected chi connectivity index (χ4v) is 2.71. The van der Waals surface area contributed by atoms with E-state index in [4.69, 9.17) is 0 Å². The Hall–Kier alpha value is -1.15. The van der Waals surface area contributed by atoms with Gasteiger partial charge in [0.1, 0.15) is 6.29 Å². The Labute approximate surface area is 104 Å². The number of carbonyl (C=O) groups excluding carboxylic acids is 1. The normalized spacial score (nSPS) is 17.3. The molecule has 1 fully saturated rings. The lowest BCUT2D eigenvalue weighted by Gasteiger charge is -2.31.